The van der Waals surface area contributed by atoms with Gasteiger partial charge in [0.2, 0.25) is 5.71 Å². The second-order valence-electron chi connectivity index (χ2n) is 7.86. The average Bonchev–Trinajstić information content (AvgIpc) is 3.05. The van der Waals surface area contributed by atoms with Crippen LogP contribution in [0.5, 0.6) is 0 Å². The molecule has 142 valence electrons. The molecule has 0 N–H and O–H groups in total. The van der Waals surface area contributed by atoms with Gasteiger partial charge in [-0.25, -0.2) is 9.55 Å². The largest absolute Gasteiger partial charge is 0.436 e. The molecule has 0 amide bonds. The average molecular weight is 380 g/mol. The van der Waals surface area contributed by atoms with Gasteiger partial charge in [-0.1, -0.05) is 36.3 Å². The maximum atomic E-state index is 6.01. The molecule has 3 aromatic heterocycles. The van der Waals surface area contributed by atoms with E-state index in [1.807, 2.05) is 13.0 Å². The van der Waals surface area contributed by atoms with E-state index in [2.05, 4.69) is 96.2 Å². The van der Waals surface area contributed by atoms with E-state index in [1.165, 1.54) is 22.3 Å². The van der Waals surface area contributed by atoms with Gasteiger partial charge in [-0.2, -0.15) is 0 Å². The van der Waals surface area contributed by atoms with Crippen LogP contribution in [0.4, 0.5) is 0 Å². The van der Waals surface area contributed by atoms with Gasteiger partial charge in [0.25, 0.3) is 0 Å². The Labute approximate surface area is 170 Å². The summed E-state index contributed by atoms with van der Waals surface area (Å²) in [7, 11) is 4.22. The molecule has 29 heavy (non-hydrogen) atoms. The Bertz CT molecular complexity index is 1360. The van der Waals surface area contributed by atoms with Gasteiger partial charge in [0.05, 0.1) is 0 Å². The van der Waals surface area contributed by atoms with E-state index in [9.17, 15) is 0 Å². The van der Waals surface area contributed by atoms with Crippen LogP contribution in [-0.2, 0) is 7.05 Å². The van der Waals surface area contributed by atoms with E-state index in [0.717, 1.165) is 21.7 Å². The Morgan fingerprint density at radius 1 is 1.07 bits per heavy atom. The topological polar surface area (TPSA) is 33.2 Å². The Morgan fingerprint density at radius 2 is 1.86 bits per heavy atom. The third kappa shape index (κ3) is 2.94. The van der Waals surface area contributed by atoms with Gasteiger partial charge in [0.1, 0.15) is 7.05 Å². The number of hydrogen-bond acceptors (Lipinski definition) is 3. The first-order valence-electron chi connectivity index (χ1n) is 9.88. The van der Waals surface area contributed by atoms with Crippen molar-refractivity contribution < 1.29 is 8.98 Å². The van der Waals surface area contributed by atoms with Crippen molar-refractivity contribution in [3.05, 3.63) is 76.6 Å². The van der Waals surface area contributed by atoms with Crippen molar-refractivity contribution >= 4 is 35.7 Å². The van der Waals surface area contributed by atoms with E-state index < -0.39 is 0 Å². The number of aryl methyl sites for hydroxylation is 3. The summed E-state index contributed by atoms with van der Waals surface area (Å²) in [6, 6.07) is 17.0. The van der Waals surface area contributed by atoms with Crippen molar-refractivity contribution in [2.45, 2.75) is 13.8 Å². The van der Waals surface area contributed by atoms with Gasteiger partial charge in [-0.3, -0.25) is 0 Å². The molecule has 4 aromatic rings. The normalized spacial score (nSPS) is 13.2. The number of nitrogens with zero attached hydrogens (tertiary/aromatic N) is 3. The Morgan fingerprint density at radius 3 is 2.66 bits per heavy atom. The molecule has 0 saturated carbocycles. The summed E-state index contributed by atoms with van der Waals surface area (Å²) >= 11 is 0. The fourth-order valence-electron chi connectivity index (χ4n) is 4.20. The molecule has 1 aromatic carbocycles. The number of pyridine rings is 2. The zero-order valence-corrected chi connectivity index (χ0v) is 17.2. The summed E-state index contributed by atoms with van der Waals surface area (Å²) in [5.41, 5.74) is 7.55. The van der Waals surface area contributed by atoms with Crippen molar-refractivity contribution in [1.82, 2.24) is 9.79 Å². The molecule has 0 aliphatic carbocycles. The summed E-state index contributed by atoms with van der Waals surface area (Å²) in [5.74, 6) is 2.29. The fourth-order valence-corrected chi connectivity index (χ4v) is 4.20. The predicted octanol–water partition coefficient (Wildman–Crippen LogP) is 1.84. The minimum absolute atomic E-state index is 0.123. The van der Waals surface area contributed by atoms with Crippen molar-refractivity contribution in [2.24, 2.45) is 7.05 Å². The molecule has 0 atom stereocenters. The smallest absolute Gasteiger partial charge is 0.396 e. The predicted molar refractivity (Wildman–Crippen MR) is 118 cm³/mol. The summed E-state index contributed by atoms with van der Waals surface area (Å²) in [4.78, 5) is 6.75. The van der Waals surface area contributed by atoms with Crippen molar-refractivity contribution in [2.75, 3.05) is 7.05 Å². The Hall–Kier alpha value is -3.34. The summed E-state index contributed by atoms with van der Waals surface area (Å²) in [5, 5.41) is 2.20. The number of fused-ring (bicyclic) bond motifs is 3. The molecular weight excluding hydrogens is 357 g/mol. The Balaban J connectivity index is 1.66. The Kier molecular flexibility index (Phi) is 4.05. The molecule has 0 unspecified atom stereocenters. The molecule has 5 heteroatoms. The van der Waals surface area contributed by atoms with E-state index in [4.69, 9.17) is 4.42 Å². The third-order valence-corrected chi connectivity index (χ3v) is 5.75. The molecule has 1 aliphatic rings. The highest BCUT2D eigenvalue weighted by atomic mass is 16.3. The lowest BCUT2D eigenvalue weighted by Gasteiger charge is -2.21. The van der Waals surface area contributed by atoms with Crippen molar-refractivity contribution in [3.8, 4) is 11.1 Å². The van der Waals surface area contributed by atoms with E-state index in [0.29, 0.717) is 5.71 Å². The van der Waals surface area contributed by atoms with Crippen molar-refractivity contribution in [1.29, 1.82) is 0 Å². The summed E-state index contributed by atoms with van der Waals surface area (Å²) < 4.78 is 8.24. The SMILES string of the molecule is Cc1ccc2c3c(oc2n1)=CN(C)B(c1cc(C)c(-c2ccccc2)c[n+]1C)C=3. The van der Waals surface area contributed by atoms with Crippen molar-refractivity contribution in [3.63, 3.8) is 0 Å². The monoisotopic (exact) mass is 380 g/mol. The zero-order valence-electron chi connectivity index (χ0n) is 17.2. The van der Waals surface area contributed by atoms with Crippen LogP contribution in [-0.4, -0.2) is 23.7 Å². The molecule has 0 spiro atoms. The maximum absolute atomic E-state index is 6.01. The maximum Gasteiger partial charge on any atom is 0.396 e. The number of furan rings is 1. The molecular formula is C24H23BN3O+. The van der Waals surface area contributed by atoms with E-state index in [1.54, 1.807) is 0 Å². The molecule has 5 rings (SSSR count). The molecule has 1 aliphatic heterocycles. The lowest BCUT2D eigenvalue weighted by atomic mass is 9.55. The highest BCUT2D eigenvalue weighted by Crippen LogP contribution is 2.20. The molecule has 0 radical (unpaired) electrons. The number of hydrogen-bond donors (Lipinski definition) is 0. The van der Waals surface area contributed by atoms with Gasteiger partial charge in [0.15, 0.2) is 17.2 Å². The minimum atomic E-state index is 0.123. The van der Waals surface area contributed by atoms with Gasteiger partial charge in [-0.15, -0.1) is 0 Å². The van der Waals surface area contributed by atoms with Crippen LogP contribution in [0.3, 0.4) is 0 Å². The van der Waals surface area contributed by atoms with E-state index in [-0.39, 0.29) is 6.85 Å². The molecule has 4 nitrogen and oxygen atoms in total. The first-order valence-corrected chi connectivity index (χ1v) is 9.88. The minimum Gasteiger partial charge on any atom is -0.436 e. The second-order valence-corrected chi connectivity index (χ2v) is 7.86. The molecule has 0 saturated heterocycles. The van der Waals surface area contributed by atoms with Crippen LogP contribution < -0.4 is 20.8 Å². The lowest BCUT2D eigenvalue weighted by molar-refractivity contribution is -0.653. The standard InChI is InChI=1S/C24H23BN3O/c1-16-12-23(27(3)14-21(16)18-8-6-5-7-9-18)25-13-20-19-11-10-17(2)26-24(19)29-22(20)15-28(25)4/h5-15H,1-4H3/q+1. The van der Waals surface area contributed by atoms with Gasteiger partial charge >= 0.3 is 6.85 Å². The number of rotatable bonds is 2. The lowest BCUT2D eigenvalue weighted by Crippen LogP contribution is -2.61. The summed E-state index contributed by atoms with van der Waals surface area (Å²) in [6.07, 6.45) is 4.31. The van der Waals surface area contributed by atoms with Gasteiger partial charge < -0.3 is 9.23 Å². The van der Waals surface area contributed by atoms with Crippen LogP contribution in [0.1, 0.15) is 11.3 Å². The number of benzene rings is 1. The first-order chi connectivity index (χ1) is 14.0. The fraction of sp³-hybridized carbons (Fsp3) is 0.167. The van der Waals surface area contributed by atoms with Crippen LogP contribution in [0, 0.1) is 13.8 Å². The third-order valence-electron chi connectivity index (χ3n) is 5.75. The van der Waals surface area contributed by atoms with Gasteiger partial charge in [0, 0.05) is 34.1 Å². The molecule has 0 bridgehead atoms. The first kappa shape index (κ1) is 17.7. The number of aromatic nitrogens is 2. The van der Waals surface area contributed by atoms with Crippen LogP contribution in [0.25, 0.3) is 34.4 Å². The molecule has 4 heterocycles. The second kappa shape index (κ2) is 6.62. The zero-order chi connectivity index (χ0) is 20.1. The van der Waals surface area contributed by atoms with Gasteiger partial charge in [-0.05, 0) is 44.2 Å². The summed E-state index contributed by atoms with van der Waals surface area (Å²) in [6.45, 7) is 4.29. The molecule has 0 fully saturated rings. The highest BCUT2D eigenvalue weighted by Gasteiger charge is 2.31. The van der Waals surface area contributed by atoms with Crippen LogP contribution in [0.15, 0.2) is 59.1 Å². The van der Waals surface area contributed by atoms with E-state index >= 15 is 0 Å². The quantitative estimate of drug-likeness (QED) is 0.393. The highest BCUT2D eigenvalue weighted by molar-refractivity contribution is 6.82. The van der Waals surface area contributed by atoms with Crippen LogP contribution in [0.2, 0.25) is 0 Å². The van der Waals surface area contributed by atoms with Crippen LogP contribution >= 0.6 is 0 Å².